The minimum Gasteiger partial charge on any atom is -0.507 e. The summed E-state index contributed by atoms with van der Waals surface area (Å²) in [4.78, 5) is 27.2. The molecule has 3 aromatic carbocycles. The number of aliphatic hydroxyl groups is 1. The molecule has 0 radical (unpaired) electrons. The fraction of sp³-hybridized carbons (Fsp3) is 0.0833. The molecule has 1 N–H and O–H groups in total. The van der Waals surface area contributed by atoms with Crippen molar-refractivity contribution in [3.05, 3.63) is 106 Å². The Bertz CT molecular complexity index is 1170. The minimum atomic E-state index is -1.11. The molecule has 0 saturated carbocycles. The van der Waals surface area contributed by atoms with Gasteiger partial charge in [-0.05, 0) is 49.4 Å². The molecule has 4 nitrogen and oxygen atoms in total. The molecular formula is C24H17ClFNO3. The van der Waals surface area contributed by atoms with Crippen LogP contribution in [0.15, 0.2) is 78.4 Å². The number of carbonyl (C=O) groups excluding carboxylic acids is 2. The largest absolute Gasteiger partial charge is 0.507 e. The van der Waals surface area contributed by atoms with Crippen molar-refractivity contribution < 1.29 is 19.1 Å². The molecule has 0 unspecified atom stereocenters. The lowest BCUT2D eigenvalue weighted by atomic mass is 9.94. The van der Waals surface area contributed by atoms with Gasteiger partial charge in [-0.2, -0.15) is 0 Å². The third-order valence-electron chi connectivity index (χ3n) is 5.07. The third-order valence-corrected chi connectivity index (χ3v) is 5.33. The predicted molar refractivity (Wildman–Crippen MR) is 114 cm³/mol. The van der Waals surface area contributed by atoms with Crippen molar-refractivity contribution in [2.75, 3.05) is 4.90 Å². The highest BCUT2D eigenvalue weighted by Gasteiger charge is 2.47. The van der Waals surface area contributed by atoms with Gasteiger partial charge < -0.3 is 5.11 Å². The maximum Gasteiger partial charge on any atom is 0.300 e. The fourth-order valence-electron chi connectivity index (χ4n) is 3.56. The Hall–Kier alpha value is -3.44. The summed E-state index contributed by atoms with van der Waals surface area (Å²) in [5.74, 6) is -2.67. The van der Waals surface area contributed by atoms with Crippen LogP contribution in [0.25, 0.3) is 5.76 Å². The van der Waals surface area contributed by atoms with Gasteiger partial charge in [0, 0.05) is 21.8 Å². The molecule has 6 heteroatoms. The molecule has 4 rings (SSSR count). The molecule has 1 saturated heterocycles. The zero-order valence-corrected chi connectivity index (χ0v) is 16.7. The predicted octanol–water partition coefficient (Wildman–Crippen LogP) is 5.41. The molecule has 30 heavy (non-hydrogen) atoms. The van der Waals surface area contributed by atoms with E-state index in [-0.39, 0.29) is 16.9 Å². The van der Waals surface area contributed by atoms with E-state index in [9.17, 15) is 19.1 Å². The summed E-state index contributed by atoms with van der Waals surface area (Å²) in [5.41, 5.74) is 1.66. The number of hydrogen-bond donors (Lipinski definition) is 1. The van der Waals surface area contributed by atoms with Crippen LogP contribution in [0.1, 0.15) is 22.7 Å². The van der Waals surface area contributed by atoms with Gasteiger partial charge in [0.15, 0.2) is 0 Å². The number of nitrogens with zero attached hydrogens (tertiary/aromatic N) is 1. The Morgan fingerprint density at radius 2 is 1.60 bits per heavy atom. The van der Waals surface area contributed by atoms with Crippen LogP contribution in [0.3, 0.4) is 0 Å². The number of rotatable bonds is 3. The number of halogens is 2. The van der Waals surface area contributed by atoms with Crippen LogP contribution in [0.5, 0.6) is 0 Å². The van der Waals surface area contributed by atoms with Gasteiger partial charge in [-0.3, -0.25) is 14.5 Å². The maximum atomic E-state index is 14.8. The molecule has 1 amide bonds. The van der Waals surface area contributed by atoms with Crippen LogP contribution < -0.4 is 4.90 Å². The van der Waals surface area contributed by atoms with E-state index < -0.39 is 23.5 Å². The quantitative estimate of drug-likeness (QED) is 0.349. The summed E-state index contributed by atoms with van der Waals surface area (Å²) >= 11 is 5.91. The van der Waals surface area contributed by atoms with Crippen molar-refractivity contribution in [3.63, 3.8) is 0 Å². The van der Waals surface area contributed by atoms with E-state index in [2.05, 4.69) is 0 Å². The van der Waals surface area contributed by atoms with E-state index >= 15 is 0 Å². The first-order valence-corrected chi connectivity index (χ1v) is 9.64. The number of benzene rings is 3. The van der Waals surface area contributed by atoms with Gasteiger partial charge in [-0.1, -0.05) is 47.5 Å². The average molecular weight is 422 g/mol. The summed E-state index contributed by atoms with van der Waals surface area (Å²) in [7, 11) is 0. The van der Waals surface area contributed by atoms with Crippen LogP contribution in [0, 0.1) is 12.7 Å². The number of amides is 1. The van der Waals surface area contributed by atoms with Crippen molar-refractivity contribution in [3.8, 4) is 0 Å². The molecule has 1 fully saturated rings. The van der Waals surface area contributed by atoms with Crippen LogP contribution in [0.4, 0.5) is 10.1 Å². The highest BCUT2D eigenvalue weighted by molar-refractivity contribution is 6.51. The van der Waals surface area contributed by atoms with E-state index in [1.54, 1.807) is 42.5 Å². The number of ketones is 1. The smallest absolute Gasteiger partial charge is 0.300 e. The second-order valence-corrected chi connectivity index (χ2v) is 7.47. The molecule has 0 bridgehead atoms. The van der Waals surface area contributed by atoms with Crippen molar-refractivity contribution in [1.82, 2.24) is 0 Å². The number of hydrogen-bond acceptors (Lipinski definition) is 3. The standard InChI is InChI=1S/C24H17ClFNO3/c1-14-6-12-17(13-7-14)27-21(18-4-2-3-5-19(18)26)20(23(29)24(27)30)22(28)15-8-10-16(25)11-9-15/h2-13,21,28H,1H3/t21-/m0/s1. The van der Waals surface area contributed by atoms with Crippen molar-refractivity contribution in [2.45, 2.75) is 13.0 Å². The lowest BCUT2D eigenvalue weighted by molar-refractivity contribution is -0.132. The minimum absolute atomic E-state index is 0.118. The Morgan fingerprint density at radius 3 is 2.23 bits per heavy atom. The van der Waals surface area contributed by atoms with Crippen LogP contribution in [-0.2, 0) is 9.59 Å². The van der Waals surface area contributed by atoms with Gasteiger partial charge in [0.25, 0.3) is 11.7 Å². The first-order chi connectivity index (χ1) is 14.4. The summed E-state index contributed by atoms with van der Waals surface area (Å²) in [6.07, 6.45) is 0. The summed E-state index contributed by atoms with van der Waals surface area (Å²) in [6, 6.07) is 18.0. The monoisotopic (exact) mass is 421 g/mol. The topological polar surface area (TPSA) is 57.6 Å². The number of aliphatic hydroxyl groups excluding tert-OH is 1. The molecule has 1 aliphatic heterocycles. The number of carbonyl (C=O) groups is 2. The van der Waals surface area contributed by atoms with E-state index in [1.807, 2.05) is 6.92 Å². The zero-order valence-electron chi connectivity index (χ0n) is 16.0. The molecule has 1 atom stereocenters. The SMILES string of the molecule is Cc1ccc(N2C(=O)C(=O)C(=C(O)c3ccc(Cl)cc3)[C@@H]2c2ccccc2F)cc1. The van der Waals surface area contributed by atoms with Crippen molar-refractivity contribution in [2.24, 2.45) is 0 Å². The van der Waals surface area contributed by atoms with Gasteiger partial charge in [0.2, 0.25) is 0 Å². The van der Waals surface area contributed by atoms with Gasteiger partial charge >= 0.3 is 0 Å². The maximum absolute atomic E-state index is 14.8. The molecular weight excluding hydrogens is 405 g/mol. The Balaban J connectivity index is 1.96. The van der Waals surface area contributed by atoms with Crippen LogP contribution in [0.2, 0.25) is 5.02 Å². The molecule has 0 spiro atoms. The molecule has 3 aromatic rings. The molecule has 0 aromatic heterocycles. The van der Waals surface area contributed by atoms with Crippen LogP contribution in [-0.4, -0.2) is 16.8 Å². The second-order valence-electron chi connectivity index (χ2n) is 7.03. The lowest BCUT2D eigenvalue weighted by Gasteiger charge is -2.25. The zero-order chi connectivity index (χ0) is 21.4. The number of anilines is 1. The Morgan fingerprint density at radius 1 is 0.967 bits per heavy atom. The number of aryl methyl sites for hydroxylation is 1. The first kappa shape index (κ1) is 19.9. The normalized spacial score (nSPS) is 18.1. The van der Waals surface area contributed by atoms with Crippen molar-refractivity contribution >= 4 is 34.7 Å². The molecule has 0 aliphatic carbocycles. The van der Waals surface area contributed by atoms with E-state index in [4.69, 9.17) is 11.6 Å². The highest BCUT2D eigenvalue weighted by Crippen LogP contribution is 2.42. The van der Waals surface area contributed by atoms with Gasteiger partial charge in [-0.25, -0.2) is 4.39 Å². The average Bonchev–Trinajstić information content (AvgIpc) is 3.00. The first-order valence-electron chi connectivity index (χ1n) is 9.26. The summed E-state index contributed by atoms with van der Waals surface area (Å²) < 4.78 is 14.8. The Labute approximate surface area is 177 Å². The van der Waals surface area contributed by atoms with E-state index in [0.29, 0.717) is 16.3 Å². The van der Waals surface area contributed by atoms with Crippen LogP contribution >= 0.6 is 11.6 Å². The van der Waals surface area contributed by atoms with Gasteiger partial charge in [-0.15, -0.1) is 0 Å². The molecule has 150 valence electrons. The van der Waals surface area contributed by atoms with E-state index in [0.717, 1.165) is 5.56 Å². The lowest BCUT2D eigenvalue weighted by Crippen LogP contribution is -2.29. The molecule has 1 heterocycles. The fourth-order valence-corrected chi connectivity index (χ4v) is 3.68. The summed E-state index contributed by atoms with van der Waals surface area (Å²) in [6.45, 7) is 1.90. The second kappa shape index (κ2) is 7.76. The highest BCUT2D eigenvalue weighted by atomic mass is 35.5. The van der Waals surface area contributed by atoms with Gasteiger partial charge in [0.1, 0.15) is 11.6 Å². The number of Topliss-reactive ketones (excluding diaryl/α,β-unsaturated/α-hetero) is 1. The molecule has 1 aliphatic rings. The summed E-state index contributed by atoms with van der Waals surface area (Å²) in [5, 5.41) is 11.4. The third kappa shape index (κ3) is 3.37. The van der Waals surface area contributed by atoms with E-state index in [1.165, 1.54) is 35.2 Å². The van der Waals surface area contributed by atoms with Gasteiger partial charge in [0.05, 0.1) is 11.6 Å². The Kier molecular flexibility index (Phi) is 5.14. The van der Waals surface area contributed by atoms with Crippen molar-refractivity contribution in [1.29, 1.82) is 0 Å².